The molecule has 2 nitrogen and oxygen atoms in total. The average molecular weight is 276 g/mol. The van der Waals surface area contributed by atoms with E-state index in [4.69, 9.17) is 9.47 Å². The van der Waals surface area contributed by atoms with Crippen molar-refractivity contribution in [1.82, 2.24) is 0 Å². The highest BCUT2D eigenvalue weighted by Crippen LogP contribution is 2.43. The first-order valence-corrected chi connectivity index (χ1v) is 7.74. The highest BCUT2D eigenvalue weighted by Gasteiger charge is 2.38. The second-order valence-electron chi connectivity index (χ2n) is 4.43. The van der Waals surface area contributed by atoms with Gasteiger partial charge in [-0.25, -0.2) is 0 Å². The minimum absolute atomic E-state index is 0.268. The Morgan fingerprint density at radius 2 is 1.33 bits per heavy atom. The van der Waals surface area contributed by atoms with E-state index >= 15 is 0 Å². The van der Waals surface area contributed by atoms with Gasteiger partial charge < -0.3 is 9.47 Å². The summed E-state index contributed by atoms with van der Waals surface area (Å²) in [6, 6.07) is 8.56. The SMILES string of the molecule is c1csc(/C(=C(/c2cccs2)C2CO2)C2CO2)c1. The quantitative estimate of drug-likeness (QED) is 0.798. The zero-order valence-corrected chi connectivity index (χ0v) is 11.3. The molecule has 2 saturated heterocycles. The molecule has 0 amide bonds. The van der Waals surface area contributed by atoms with Crippen molar-refractivity contribution in [2.45, 2.75) is 12.2 Å². The maximum Gasteiger partial charge on any atom is 0.108 e. The molecule has 2 unspecified atom stereocenters. The number of rotatable bonds is 4. The van der Waals surface area contributed by atoms with Gasteiger partial charge in [-0.3, -0.25) is 0 Å². The summed E-state index contributed by atoms with van der Waals surface area (Å²) in [6.45, 7) is 1.68. The Morgan fingerprint density at radius 3 is 1.61 bits per heavy atom. The lowest BCUT2D eigenvalue weighted by molar-refractivity contribution is 0.438. The molecule has 2 aliphatic heterocycles. The summed E-state index contributed by atoms with van der Waals surface area (Å²) < 4.78 is 11.1. The summed E-state index contributed by atoms with van der Waals surface area (Å²) >= 11 is 3.56. The van der Waals surface area contributed by atoms with Crippen LogP contribution in [0.1, 0.15) is 9.75 Å². The third-order valence-electron chi connectivity index (χ3n) is 3.17. The molecule has 4 heterocycles. The van der Waals surface area contributed by atoms with E-state index in [9.17, 15) is 0 Å². The van der Waals surface area contributed by atoms with Crippen molar-refractivity contribution in [1.29, 1.82) is 0 Å². The van der Waals surface area contributed by atoms with Gasteiger partial charge in [-0.15, -0.1) is 22.7 Å². The van der Waals surface area contributed by atoms with Gasteiger partial charge in [0.1, 0.15) is 12.2 Å². The topological polar surface area (TPSA) is 25.1 Å². The lowest BCUT2D eigenvalue weighted by Crippen LogP contribution is -2.01. The van der Waals surface area contributed by atoms with Crippen LogP contribution in [0.25, 0.3) is 11.1 Å². The number of hydrogen-bond donors (Lipinski definition) is 0. The second kappa shape index (κ2) is 4.31. The van der Waals surface area contributed by atoms with Crippen molar-refractivity contribution in [2.24, 2.45) is 0 Å². The number of hydrogen-bond acceptors (Lipinski definition) is 4. The van der Waals surface area contributed by atoms with Gasteiger partial charge in [0, 0.05) is 20.9 Å². The van der Waals surface area contributed by atoms with Gasteiger partial charge in [-0.1, -0.05) is 12.1 Å². The van der Waals surface area contributed by atoms with Crippen LogP contribution in [-0.4, -0.2) is 25.4 Å². The summed E-state index contributed by atoms with van der Waals surface area (Å²) in [4.78, 5) is 2.63. The van der Waals surface area contributed by atoms with Crippen LogP contribution in [0.4, 0.5) is 0 Å². The average Bonchev–Trinajstić information content (AvgIpc) is 3.27. The van der Waals surface area contributed by atoms with E-state index in [1.807, 2.05) is 0 Å². The van der Waals surface area contributed by atoms with Crippen LogP contribution in [0.3, 0.4) is 0 Å². The fraction of sp³-hybridized carbons (Fsp3) is 0.286. The first kappa shape index (κ1) is 10.9. The number of thiophene rings is 2. The molecule has 2 atom stereocenters. The van der Waals surface area contributed by atoms with E-state index in [0.717, 1.165) is 13.2 Å². The molecule has 4 rings (SSSR count). The lowest BCUT2D eigenvalue weighted by atomic mass is 9.99. The predicted molar refractivity (Wildman–Crippen MR) is 74.9 cm³/mol. The molecule has 0 saturated carbocycles. The van der Waals surface area contributed by atoms with Crippen LogP contribution in [0.5, 0.6) is 0 Å². The normalized spacial score (nSPS) is 26.9. The molecule has 4 heteroatoms. The molecular formula is C14H12O2S2. The second-order valence-corrected chi connectivity index (χ2v) is 6.32. The zero-order chi connectivity index (χ0) is 11.9. The Kier molecular flexibility index (Phi) is 2.62. The molecule has 2 aromatic heterocycles. The minimum atomic E-state index is 0.268. The Bertz CT molecular complexity index is 509. The highest BCUT2D eigenvalue weighted by atomic mass is 32.1. The summed E-state index contributed by atoms with van der Waals surface area (Å²) in [6.07, 6.45) is 0.537. The molecule has 0 spiro atoms. The van der Waals surface area contributed by atoms with Crippen LogP contribution >= 0.6 is 22.7 Å². The molecule has 92 valence electrons. The largest absolute Gasteiger partial charge is 0.368 e. The zero-order valence-electron chi connectivity index (χ0n) is 9.67. The molecule has 2 fully saturated rings. The Hall–Kier alpha value is -0.940. The Morgan fingerprint density at radius 1 is 0.889 bits per heavy atom. The Labute approximate surface area is 113 Å². The van der Waals surface area contributed by atoms with Crippen LogP contribution in [-0.2, 0) is 9.47 Å². The summed E-state index contributed by atoms with van der Waals surface area (Å²) in [7, 11) is 0. The van der Waals surface area contributed by atoms with Gasteiger partial charge in [0.25, 0.3) is 0 Å². The third-order valence-corrected chi connectivity index (χ3v) is 4.98. The number of ether oxygens (including phenoxy) is 2. The highest BCUT2D eigenvalue weighted by molar-refractivity contribution is 7.12. The maximum atomic E-state index is 5.55. The van der Waals surface area contributed by atoms with Crippen molar-refractivity contribution in [3.8, 4) is 0 Å². The van der Waals surface area contributed by atoms with Crippen LogP contribution < -0.4 is 0 Å². The standard InChI is InChI=1S/C14H12O2S2/c1-3-11(17-5-1)13(9-7-15-9)14(10-8-16-10)12-4-2-6-18-12/h1-6,9-10H,7-8H2/b14-13+. The fourth-order valence-electron chi connectivity index (χ4n) is 2.22. The summed E-state index contributed by atoms with van der Waals surface area (Å²) in [5, 5.41) is 4.25. The van der Waals surface area contributed by atoms with Crippen molar-refractivity contribution in [2.75, 3.05) is 13.2 Å². The van der Waals surface area contributed by atoms with Gasteiger partial charge in [0.05, 0.1) is 13.2 Å². The first-order chi connectivity index (χ1) is 8.93. The molecular weight excluding hydrogens is 264 g/mol. The van der Waals surface area contributed by atoms with Crippen LogP contribution in [0.2, 0.25) is 0 Å². The summed E-state index contributed by atoms with van der Waals surface area (Å²) in [5.41, 5.74) is 2.69. The van der Waals surface area contributed by atoms with Gasteiger partial charge in [0.15, 0.2) is 0 Å². The third kappa shape index (κ3) is 1.95. The molecule has 0 N–H and O–H groups in total. The van der Waals surface area contributed by atoms with E-state index in [0.29, 0.717) is 0 Å². The lowest BCUT2D eigenvalue weighted by Gasteiger charge is -2.09. The molecule has 0 aromatic carbocycles. The van der Waals surface area contributed by atoms with Gasteiger partial charge >= 0.3 is 0 Å². The molecule has 2 aliphatic rings. The van der Waals surface area contributed by atoms with E-state index < -0.39 is 0 Å². The van der Waals surface area contributed by atoms with Gasteiger partial charge in [-0.05, 0) is 22.9 Å². The number of epoxide rings is 2. The van der Waals surface area contributed by atoms with Crippen LogP contribution in [0, 0.1) is 0 Å². The van der Waals surface area contributed by atoms with Crippen molar-refractivity contribution >= 4 is 33.8 Å². The van der Waals surface area contributed by atoms with Gasteiger partial charge in [-0.2, -0.15) is 0 Å². The maximum absolute atomic E-state index is 5.55. The van der Waals surface area contributed by atoms with E-state index in [1.165, 1.54) is 20.9 Å². The smallest absolute Gasteiger partial charge is 0.108 e. The van der Waals surface area contributed by atoms with E-state index in [2.05, 4.69) is 35.0 Å². The van der Waals surface area contributed by atoms with Crippen molar-refractivity contribution in [3.63, 3.8) is 0 Å². The molecule has 0 bridgehead atoms. The van der Waals surface area contributed by atoms with E-state index in [1.54, 1.807) is 22.7 Å². The fourth-order valence-corrected chi connectivity index (χ4v) is 3.88. The predicted octanol–water partition coefficient (Wildman–Crippen LogP) is 3.52. The molecule has 0 radical (unpaired) electrons. The van der Waals surface area contributed by atoms with Gasteiger partial charge in [0.2, 0.25) is 0 Å². The monoisotopic (exact) mass is 276 g/mol. The van der Waals surface area contributed by atoms with Crippen LogP contribution in [0.15, 0.2) is 35.0 Å². The first-order valence-electron chi connectivity index (χ1n) is 5.98. The molecule has 0 aliphatic carbocycles. The van der Waals surface area contributed by atoms with Crippen molar-refractivity contribution in [3.05, 3.63) is 44.8 Å². The van der Waals surface area contributed by atoms with E-state index in [-0.39, 0.29) is 12.2 Å². The minimum Gasteiger partial charge on any atom is -0.368 e. The molecule has 18 heavy (non-hydrogen) atoms. The molecule has 2 aromatic rings. The summed E-state index contributed by atoms with van der Waals surface area (Å²) in [5.74, 6) is 0. The Balaban J connectivity index is 1.89. The van der Waals surface area contributed by atoms with Crippen molar-refractivity contribution < 1.29 is 9.47 Å².